The molecule has 0 fully saturated rings. The molecule has 1 unspecified atom stereocenters. The van der Waals surface area contributed by atoms with E-state index in [4.69, 9.17) is 9.84 Å². The zero-order valence-electron chi connectivity index (χ0n) is 8.19. The van der Waals surface area contributed by atoms with Crippen LogP contribution in [0.5, 0.6) is 5.75 Å². The lowest BCUT2D eigenvalue weighted by atomic mass is 10.0. The highest BCUT2D eigenvalue weighted by Crippen LogP contribution is 2.39. The van der Waals surface area contributed by atoms with Gasteiger partial charge in [0.1, 0.15) is 5.75 Å². The largest absolute Gasteiger partial charge is 0.496 e. The van der Waals surface area contributed by atoms with Crippen LogP contribution in [0.25, 0.3) is 0 Å². The van der Waals surface area contributed by atoms with Gasteiger partial charge in [0, 0.05) is 17.5 Å². The highest BCUT2D eigenvalue weighted by atomic mass is 16.5. The van der Waals surface area contributed by atoms with Gasteiger partial charge < -0.3 is 9.84 Å². The zero-order chi connectivity index (χ0) is 11.0. The third-order valence-corrected chi connectivity index (χ3v) is 2.62. The van der Waals surface area contributed by atoms with Crippen molar-refractivity contribution >= 4 is 11.8 Å². The number of benzene rings is 1. The minimum absolute atomic E-state index is 0.0328. The second-order valence-electron chi connectivity index (χ2n) is 3.44. The van der Waals surface area contributed by atoms with Crippen molar-refractivity contribution in [2.45, 2.75) is 12.3 Å². The van der Waals surface area contributed by atoms with Crippen molar-refractivity contribution in [2.24, 2.45) is 0 Å². The lowest BCUT2D eigenvalue weighted by molar-refractivity contribution is -0.138. The molecule has 1 aromatic carbocycles. The Morgan fingerprint density at radius 1 is 1.53 bits per heavy atom. The first-order chi connectivity index (χ1) is 7.15. The molecule has 0 spiro atoms. The number of carbonyl (C=O) groups excluding carboxylic acids is 1. The van der Waals surface area contributed by atoms with Crippen molar-refractivity contribution in [3.05, 3.63) is 29.3 Å². The number of carboxylic acid groups (broad SMARTS) is 1. The minimum Gasteiger partial charge on any atom is -0.496 e. The first-order valence-corrected chi connectivity index (χ1v) is 4.58. The summed E-state index contributed by atoms with van der Waals surface area (Å²) in [5.41, 5.74) is 0.985. The number of ether oxygens (including phenoxy) is 1. The van der Waals surface area contributed by atoms with Crippen LogP contribution in [0.4, 0.5) is 0 Å². The van der Waals surface area contributed by atoms with Crippen LogP contribution in [-0.4, -0.2) is 24.0 Å². The van der Waals surface area contributed by atoms with E-state index >= 15 is 0 Å². The van der Waals surface area contributed by atoms with E-state index in [9.17, 15) is 9.59 Å². The molecule has 4 heteroatoms. The number of hydrogen-bond donors (Lipinski definition) is 1. The van der Waals surface area contributed by atoms with Crippen molar-refractivity contribution in [2.75, 3.05) is 7.11 Å². The summed E-state index contributed by atoms with van der Waals surface area (Å²) < 4.78 is 5.07. The third kappa shape index (κ3) is 1.38. The van der Waals surface area contributed by atoms with E-state index in [1.165, 1.54) is 7.11 Å². The maximum Gasteiger partial charge on any atom is 0.311 e. The van der Waals surface area contributed by atoms with Crippen molar-refractivity contribution < 1.29 is 19.4 Å². The van der Waals surface area contributed by atoms with Crippen LogP contribution in [0.3, 0.4) is 0 Å². The summed E-state index contributed by atoms with van der Waals surface area (Å²) in [4.78, 5) is 22.5. The number of Topliss-reactive ketones (excluding diaryl/α,β-unsaturated/α-hetero) is 1. The van der Waals surface area contributed by atoms with Crippen LogP contribution in [0.15, 0.2) is 18.2 Å². The van der Waals surface area contributed by atoms with Gasteiger partial charge in [-0.3, -0.25) is 9.59 Å². The van der Waals surface area contributed by atoms with Crippen molar-refractivity contribution in [1.29, 1.82) is 0 Å². The Labute approximate surface area is 86.5 Å². The number of fused-ring (bicyclic) bond motifs is 1. The number of carbonyl (C=O) groups is 2. The van der Waals surface area contributed by atoms with Gasteiger partial charge in [-0.1, -0.05) is 12.1 Å². The van der Waals surface area contributed by atoms with E-state index in [2.05, 4.69) is 0 Å². The fraction of sp³-hybridized carbons (Fsp3) is 0.273. The standard InChI is InChI=1S/C11H10O4/c1-15-9-4-2-3-6-8(12)5-7(10(6)9)11(13)14/h2-4,7H,5H2,1H3,(H,13,14). The molecule has 0 radical (unpaired) electrons. The molecule has 78 valence electrons. The van der Waals surface area contributed by atoms with Gasteiger partial charge in [0.15, 0.2) is 5.78 Å². The number of aliphatic carboxylic acids is 1. The number of ketones is 1. The lowest BCUT2D eigenvalue weighted by Gasteiger charge is -2.09. The summed E-state index contributed by atoms with van der Waals surface area (Å²) in [5, 5.41) is 8.99. The second kappa shape index (κ2) is 3.38. The van der Waals surface area contributed by atoms with Crippen LogP contribution < -0.4 is 4.74 Å². The molecule has 0 aromatic heterocycles. The van der Waals surface area contributed by atoms with Gasteiger partial charge in [-0.05, 0) is 6.07 Å². The average Bonchev–Trinajstić information content (AvgIpc) is 2.56. The minimum atomic E-state index is -0.980. The number of carboxylic acids is 1. The van der Waals surface area contributed by atoms with E-state index in [1.54, 1.807) is 18.2 Å². The fourth-order valence-electron chi connectivity index (χ4n) is 1.93. The van der Waals surface area contributed by atoms with Gasteiger partial charge >= 0.3 is 5.97 Å². The van der Waals surface area contributed by atoms with Gasteiger partial charge in [-0.15, -0.1) is 0 Å². The van der Waals surface area contributed by atoms with E-state index in [0.29, 0.717) is 16.9 Å². The Balaban J connectivity index is 2.61. The van der Waals surface area contributed by atoms with Gasteiger partial charge in [-0.2, -0.15) is 0 Å². The molecule has 1 atom stereocenters. The van der Waals surface area contributed by atoms with Crippen molar-refractivity contribution in [1.82, 2.24) is 0 Å². The summed E-state index contributed by atoms with van der Waals surface area (Å²) in [5.74, 6) is -1.39. The molecule has 4 nitrogen and oxygen atoms in total. The fourth-order valence-corrected chi connectivity index (χ4v) is 1.93. The average molecular weight is 206 g/mol. The number of rotatable bonds is 2. The van der Waals surface area contributed by atoms with Gasteiger partial charge in [0.25, 0.3) is 0 Å². The van der Waals surface area contributed by atoms with Crippen LogP contribution in [0.2, 0.25) is 0 Å². The monoisotopic (exact) mass is 206 g/mol. The Morgan fingerprint density at radius 2 is 2.27 bits per heavy atom. The Kier molecular flexibility index (Phi) is 2.19. The molecule has 1 aliphatic carbocycles. The van der Waals surface area contributed by atoms with E-state index < -0.39 is 11.9 Å². The summed E-state index contributed by atoms with van der Waals surface area (Å²) in [6, 6.07) is 5.01. The van der Waals surface area contributed by atoms with Crippen molar-refractivity contribution in [3.63, 3.8) is 0 Å². The first-order valence-electron chi connectivity index (χ1n) is 4.58. The van der Waals surface area contributed by atoms with Gasteiger partial charge in [-0.25, -0.2) is 0 Å². The maximum atomic E-state index is 11.5. The van der Waals surface area contributed by atoms with E-state index in [-0.39, 0.29) is 12.2 Å². The quantitative estimate of drug-likeness (QED) is 0.795. The topological polar surface area (TPSA) is 63.6 Å². The number of hydrogen-bond acceptors (Lipinski definition) is 3. The third-order valence-electron chi connectivity index (χ3n) is 2.62. The van der Waals surface area contributed by atoms with Crippen molar-refractivity contribution in [3.8, 4) is 5.75 Å². The highest BCUT2D eigenvalue weighted by molar-refractivity contribution is 6.06. The second-order valence-corrected chi connectivity index (χ2v) is 3.44. The van der Waals surface area contributed by atoms with E-state index in [1.807, 2.05) is 0 Å². The molecular weight excluding hydrogens is 196 g/mol. The summed E-state index contributed by atoms with van der Waals surface area (Å²) in [6.45, 7) is 0. The lowest BCUT2D eigenvalue weighted by Crippen LogP contribution is -2.09. The molecule has 0 saturated heterocycles. The zero-order valence-corrected chi connectivity index (χ0v) is 8.19. The molecule has 0 saturated carbocycles. The normalized spacial score (nSPS) is 18.7. The molecule has 2 rings (SSSR count). The molecular formula is C11H10O4. The summed E-state index contributed by atoms with van der Waals surface area (Å²) in [7, 11) is 1.47. The van der Waals surface area contributed by atoms with E-state index in [0.717, 1.165) is 0 Å². The van der Waals surface area contributed by atoms with Gasteiger partial charge in [0.05, 0.1) is 13.0 Å². The molecule has 0 heterocycles. The van der Waals surface area contributed by atoms with Crippen LogP contribution in [-0.2, 0) is 4.79 Å². The maximum absolute atomic E-state index is 11.5. The molecule has 0 bridgehead atoms. The Hall–Kier alpha value is -1.84. The predicted octanol–water partition coefficient (Wildman–Crippen LogP) is 1.45. The Bertz CT molecular complexity index is 436. The smallest absolute Gasteiger partial charge is 0.311 e. The summed E-state index contributed by atoms with van der Waals surface area (Å²) >= 11 is 0. The highest BCUT2D eigenvalue weighted by Gasteiger charge is 2.36. The molecule has 1 aromatic rings. The molecule has 0 aliphatic heterocycles. The van der Waals surface area contributed by atoms with Gasteiger partial charge in [0.2, 0.25) is 0 Å². The molecule has 15 heavy (non-hydrogen) atoms. The summed E-state index contributed by atoms with van der Waals surface area (Å²) in [6.07, 6.45) is 0.0328. The molecule has 0 amide bonds. The predicted molar refractivity (Wildman–Crippen MR) is 52.3 cm³/mol. The molecule has 1 N–H and O–H groups in total. The van der Waals surface area contributed by atoms with Crippen LogP contribution >= 0.6 is 0 Å². The van der Waals surface area contributed by atoms with Crippen LogP contribution in [0, 0.1) is 0 Å². The molecule has 1 aliphatic rings. The SMILES string of the molecule is COc1cccc2c1C(C(=O)O)CC2=O. The first kappa shape index (κ1) is 9.71. The Morgan fingerprint density at radius 3 is 2.87 bits per heavy atom. The van der Waals surface area contributed by atoms with Crippen LogP contribution in [0.1, 0.15) is 28.3 Å². The number of methoxy groups -OCH3 is 1.